The quantitative estimate of drug-likeness (QED) is 0.180. The number of cyclic esters (lactones) is 1. The number of esters is 1. The van der Waals surface area contributed by atoms with Crippen molar-refractivity contribution in [3.63, 3.8) is 0 Å². The van der Waals surface area contributed by atoms with Gasteiger partial charge in [0.15, 0.2) is 0 Å². The molecule has 0 spiro atoms. The molecule has 0 saturated carbocycles. The number of aromatic nitrogens is 1. The van der Waals surface area contributed by atoms with Crippen LogP contribution in [0.4, 0.5) is 11.4 Å². The zero-order valence-electron chi connectivity index (χ0n) is 23.3. The van der Waals surface area contributed by atoms with E-state index in [1.807, 2.05) is 73.7 Å². The molecule has 5 aromatic rings. The van der Waals surface area contributed by atoms with E-state index in [1.165, 1.54) is 0 Å². The molecule has 0 N–H and O–H groups in total. The summed E-state index contributed by atoms with van der Waals surface area (Å²) >= 11 is 0. The third-order valence-electron chi connectivity index (χ3n) is 7.79. The number of nitrogens with zero attached hydrogens (tertiary/aromatic N) is 2. The first kappa shape index (κ1) is 25.8. The molecular formula is C35H34N2O3. The fraction of sp³-hybridized carbons (Fsp3) is 0.229. The lowest BCUT2D eigenvalue weighted by atomic mass is 9.88. The third kappa shape index (κ3) is 4.04. The smallest absolute Gasteiger partial charge is 0.341 e. The summed E-state index contributed by atoms with van der Waals surface area (Å²) in [5, 5.41) is 1.08. The summed E-state index contributed by atoms with van der Waals surface area (Å²) in [7, 11) is 0. The standard InChI is InChI=1S/C35H34N2O3/c1-4-6-24-36-25(3)33(30-17-11-13-19-32(30)36)35(31-18-12-10-16-29(31)34(38)40-35)37(26-14-8-7-9-15-26)27-20-22-28(23-21-27)39-5-2/h7-23H,4-6,24H2,1-3H3. The molecule has 0 aliphatic carbocycles. The average molecular weight is 531 g/mol. The normalized spacial score (nSPS) is 16.1. The zero-order valence-corrected chi connectivity index (χ0v) is 23.3. The molecule has 0 saturated heterocycles. The van der Waals surface area contributed by atoms with Crippen LogP contribution in [-0.4, -0.2) is 17.1 Å². The van der Waals surface area contributed by atoms with E-state index in [1.54, 1.807) is 0 Å². The van der Waals surface area contributed by atoms with Gasteiger partial charge in [-0.3, -0.25) is 4.90 Å². The van der Waals surface area contributed by atoms with Gasteiger partial charge in [-0.1, -0.05) is 67.9 Å². The molecule has 0 radical (unpaired) electrons. The molecular weight excluding hydrogens is 496 g/mol. The van der Waals surface area contributed by atoms with Gasteiger partial charge in [0.05, 0.1) is 17.7 Å². The number of benzene rings is 4. The van der Waals surface area contributed by atoms with E-state index in [0.717, 1.165) is 64.2 Å². The SMILES string of the molecule is CCCCn1c(C)c(C2(N(c3ccccc3)c3ccc(OCC)cc3)OC(=O)c3ccccc32)c2ccccc21. The Hall–Kier alpha value is -4.51. The van der Waals surface area contributed by atoms with E-state index >= 15 is 0 Å². The van der Waals surface area contributed by atoms with Gasteiger partial charge in [0.1, 0.15) is 5.75 Å². The van der Waals surface area contributed by atoms with Crippen LogP contribution in [0.3, 0.4) is 0 Å². The fourth-order valence-corrected chi connectivity index (χ4v) is 6.08. The highest BCUT2D eigenvalue weighted by molar-refractivity contribution is 5.99. The highest BCUT2D eigenvalue weighted by atomic mass is 16.6. The fourth-order valence-electron chi connectivity index (χ4n) is 6.08. The highest BCUT2D eigenvalue weighted by Gasteiger charge is 2.54. The second kappa shape index (κ2) is 10.6. The van der Waals surface area contributed by atoms with Crippen LogP contribution < -0.4 is 9.64 Å². The Kier molecular flexibility index (Phi) is 6.81. The molecule has 1 aliphatic rings. The van der Waals surface area contributed by atoms with Crippen LogP contribution in [0.15, 0.2) is 103 Å². The third-order valence-corrected chi connectivity index (χ3v) is 7.79. The number of carbonyl (C=O) groups is 1. The topological polar surface area (TPSA) is 43.7 Å². The van der Waals surface area contributed by atoms with Gasteiger partial charge >= 0.3 is 5.97 Å². The first-order chi connectivity index (χ1) is 19.6. The number of ether oxygens (including phenoxy) is 2. The van der Waals surface area contributed by atoms with Gasteiger partial charge in [-0.05, 0) is 68.8 Å². The van der Waals surface area contributed by atoms with Gasteiger partial charge < -0.3 is 14.0 Å². The van der Waals surface area contributed by atoms with Gasteiger partial charge in [0.25, 0.3) is 0 Å². The predicted octanol–water partition coefficient (Wildman–Crippen LogP) is 8.36. The van der Waals surface area contributed by atoms with E-state index in [0.29, 0.717) is 12.2 Å². The van der Waals surface area contributed by atoms with Gasteiger partial charge in [-0.15, -0.1) is 0 Å². The van der Waals surface area contributed by atoms with Crippen LogP contribution in [0.2, 0.25) is 0 Å². The van der Waals surface area contributed by atoms with Gasteiger partial charge in [0, 0.05) is 40.1 Å². The summed E-state index contributed by atoms with van der Waals surface area (Å²) in [5.41, 5.74) is 5.20. The molecule has 5 nitrogen and oxygen atoms in total. The van der Waals surface area contributed by atoms with Gasteiger partial charge in [-0.25, -0.2) is 4.79 Å². The van der Waals surface area contributed by atoms with E-state index in [2.05, 4.69) is 59.7 Å². The van der Waals surface area contributed by atoms with Gasteiger partial charge in [0.2, 0.25) is 5.72 Å². The molecule has 0 fully saturated rings. The number of fused-ring (bicyclic) bond motifs is 2. The van der Waals surface area contributed by atoms with Crippen molar-refractivity contribution in [2.45, 2.75) is 45.9 Å². The summed E-state index contributed by atoms with van der Waals surface area (Å²) < 4.78 is 14.8. The molecule has 40 heavy (non-hydrogen) atoms. The number of anilines is 2. The number of rotatable bonds is 9. The molecule has 1 aromatic heterocycles. The van der Waals surface area contributed by atoms with Crippen molar-refractivity contribution in [1.82, 2.24) is 4.57 Å². The van der Waals surface area contributed by atoms with Crippen LogP contribution >= 0.6 is 0 Å². The number of hydrogen-bond donors (Lipinski definition) is 0. The molecule has 4 aromatic carbocycles. The Balaban J connectivity index is 1.72. The van der Waals surface area contributed by atoms with Crippen molar-refractivity contribution in [1.29, 1.82) is 0 Å². The number of aryl methyl sites for hydroxylation is 1. The molecule has 1 aliphatic heterocycles. The maximum atomic E-state index is 13.7. The number of hydrogen-bond acceptors (Lipinski definition) is 4. The molecule has 0 amide bonds. The van der Waals surface area contributed by atoms with Crippen LogP contribution in [0, 0.1) is 6.92 Å². The number of para-hydroxylation sites is 2. The average Bonchev–Trinajstić information content (AvgIpc) is 3.44. The second-order valence-corrected chi connectivity index (χ2v) is 10.2. The predicted molar refractivity (Wildman–Crippen MR) is 160 cm³/mol. The molecule has 202 valence electrons. The maximum absolute atomic E-state index is 13.7. The monoisotopic (exact) mass is 530 g/mol. The summed E-state index contributed by atoms with van der Waals surface area (Å²) in [6.45, 7) is 7.82. The largest absolute Gasteiger partial charge is 0.494 e. The van der Waals surface area contributed by atoms with Gasteiger partial charge in [-0.2, -0.15) is 0 Å². The number of unbranched alkanes of at least 4 members (excludes halogenated alkanes) is 1. The van der Waals surface area contributed by atoms with E-state index in [9.17, 15) is 4.79 Å². The lowest BCUT2D eigenvalue weighted by Crippen LogP contribution is -2.45. The van der Waals surface area contributed by atoms with Crippen LogP contribution in [0.1, 0.15) is 53.9 Å². The first-order valence-electron chi connectivity index (χ1n) is 14.1. The molecule has 1 unspecified atom stereocenters. The lowest BCUT2D eigenvalue weighted by Gasteiger charge is -2.42. The molecule has 5 heteroatoms. The van der Waals surface area contributed by atoms with Crippen molar-refractivity contribution in [3.05, 3.63) is 126 Å². The van der Waals surface area contributed by atoms with E-state index in [-0.39, 0.29) is 5.97 Å². The Labute approximate surface area is 235 Å². The van der Waals surface area contributed by atoms with Crippen LogP contribution in [0.25, 0.3) is 10.9 Å². The van der Waals surface area contributed by atoms with E-state index < -0.39 is 5.72 Å². The van der Waals surface area contributed by atoms with Crippen molar-refractivity contribution in [3.8, 4) is 5.75 Å². The summed E-state index contributed by atoms with van der Waals surface area (Å²) in [6, 6.07) is 34.5. The summed E-state index contributed by atoms with van der Waals surface area (Å²) in [4.78, 5) is 15.9. The first-order valence-corrected chi connectivity index (χ1v) is 14.1. The Morgan fingerprint density at radius 2 is 1.50 bits per heavy atom. The second-order valence-electron chi connectivity index (χ2n) is 10.2. The van der Waals surface area contributed by atoms with Crippen LogP contribution in [-0.2, 0) is 17.0 Å². The zero-order chi connectivity index (χ0) is 27.7. The Morgan fingerprint density at radius 3 is 2.25 bits per heavy atom. The molecule has 1 atom stereocenters. The minimum absolute atomic E-state index is 0.327. The lowest BCUT2D eigenvalue weighted by molar-refractivity contribution is 0.0136. The van der Waals surface area contributed by atoms with Crippen molar-refractivity contribution < 1.29 is 14.3 Å². The van der Waals surface area contributed by atoms with Crippen molar-refractivity contribution in [2.24, 2.45) is 0 Å². The summed E-state index contributed by atoms with van der Waals surface area (Å²) in [6.07, 6.45) is 2.15. The van der Waals surface area contributed by atoms with E-state index in [4.69, 9.17) is 9.47 Å². The van der Waals surface area contributed by atoms with Crippen LogP contribution in [0.5, 0.6) is 5.75 Å². The highest BCUT2D eigenvalue weighted by Crippen LogP contribution is 2.53. The maximum Gasteiger partial charge on any atom is 0.341 e. The van der Waals surface area contributed by atoms with Crippen molar-refractivity contribution >= 4 is 28.2 Å². The number of carbonyl (C=O) groups excluding carboxylic acids is 1. The summed E-state index contributed by atoms with van der Waals surface area (Å²) in [5.74, 6) is 0.469. The molecule has 0 bridgehead atoms. The Morgan fingerprint density at radius 1 is 0.825 bits per heavy atom. The molecule has 2 heterocycles. The minimum Gasteiger partial charge on any atom is -0.494 e. The minimum atomic E-state index is -1.23. The molecule has 6 rings (SSSR count). The Bertz CT molecular complexity index is 1660. The van der Waals surface area contributed by atoms with Crippen molar-refractivity contribution in [2.75, 3.05) is 11.5 Å².